The average Bonchev–Trinajstić information content (AvgIpc) is 2.77. The zero-order valence-electron chi connectivity index (χ0n) is 17.8. The van der Waals surface area contributed by atoms with E-state index < -0.39 is 48.3 Å². The largest absolute Gasteiger partial charge is 0.508 e. The van der Waals surface area contributed by atoms with E-state index in [4.69, 9.17) is 10.8 Å². The van der Waals surface area contributed by atoms with Gasteiger partial charge >= 0.3 is 11.9 Å². The van der Waals surface area contributed by atoms with Crippen molar-refractivity contribution in [1.82, 2.24) is 10.6 Å². The standard InChI is InChI=1S/C23H27N3O7/c24-17(12-15-6-8-16(27)9-7-15)21(30)26-19(13-14-4-2-1-3-5-14)22(31)25-18(23(32)33)10-11-20(28)29/h1-9,17-19,27H,10-13,24H2,(H,25,31)(H,26,30)(H,28,29)(H,32,33). The average molecular weight is 457 g/mol. The molecule has 0 radical (unpaired) electrons. The summed E-state index contributed by atoms with van der Waals surface area (Å²) in [4.78, 5) is 47.8. The molecule has 0 aliphatic heterocycles. The van der Waals surface area contributed by atoms with Crippen molar-refractivity contribution < 1.29 is 34.5 Å². The van der Waals surface area contributed by atoms with E-state index >= 15 is 0 Å². The Bertz CT molecular complexity index is 964. The predicted molar refractivity (Wildman–Crippen MR) is 118 cm³/mol. The summed E-state index contributed by atoms with van der Waals surface area (Å²) in [5.74, 6) is -3.87. The zero-order valence-corrected chi connectivity index (χ0v) is 17.8. The number of carboxylic acids is 2. The third-order valence-electron chi connectivity index (χ3n) is 4.91. The van der Waals surface area contributed by atoms with Crippen molar-refractivity contribution in [2.75, 3.05) is 0 Å². The van der Waals surface area contributed by atoms with Crippen LogP contribution in [0.5, 0.6) is 5.75 Å². The van der Waals surface area contributed by atoms with Gasteiger partial charge in [0, 0.05) is 12.8 Å². The van der Waals surface area contributed by atoms with E-state index in [-0.39, 0.29) is 25.0 Å². The molecule has 7 N–H and O–H groups in total. The van der Waals surface area contributed by atoms with Crippen LogP contribution in [-0.4, -0.2) is 57.2 Å². The van der Waals surface area contributed by atoms with Crippen LogP contribution in [0.15, 0.2) is 54.6 Å². The Morgan fingerprint density at radius 1 is 0.788 bits per heavy atom. The minimum Gasteiger partial charge on any atom is -0.508 e. The number of phenolic OH excluding ortho intramolecular Hbond substituents is 1. The number of aliphatic carboxylic acids is 2. The van der Waals surface area contributed by atoms with Gasteiger partial charge in [0.15, 0.2) is 0 Å². The summed E-state index contributed by atoms with van der Waals surface area (Å²) in [7, 11) is 0. The molecule has 176 valence electrons. The summed E-state index contributed by atoms with van der Waals surface area (Å²) >= 11 is 0. The Balaban J connectivity index is 2.12. The number of nitrogens with one attached hydrogen (secondary N) is 2. The Morgan fingerprint density at radius 3 is 1.94 bits per heavy atom. The number of phenols is 1. The quantitative estimate of drug-likeness (QED) is 0.265. The molecular formula is C23H27N3O7. The van der Waals surface area contributed by atoms with Gasteiger partial charge in [-0.2, -0.15) is 0 Å². The number of carbonyl (C=O) groups excluding carboxylic acids is 2. The maximum Gasteiger partial charge on any atom is 0.326 e. The molecular weight excluding hydrogens is 430 g/mol. The molecule has 3 atom stereocenters. The highest BCUT2D eigenvalue weighted by Crippen LogP contribution is 2.11. The van der Waals surface area contributed by atoms with Crippen molar-refractivity contribution in [1.29, 1.82) is 0 Å². The number of rotatable bonds is 12. The van der Waals surface area contributed by atoms with Crippen LogP contribution in [0.3, 0.4) is 0 Å². The van der Waals surface area contributed by atoms with Crippen molar-refractivity contribution in [2.45, 2.75) is 43.8 Å². The fraction of sp³-hybridized carbons (Fsp3) is 0.304. The van der Waals surface area contributed by atoms with Crippen LogP contribution in [0.4, 0.5) is 0 Å². The molecule has 0 heterocycles. The summed E-state index contributed by atoms with van der Waals surface area (Å²) < 4.78 is 0. The third-order valence-corrected chi connectivity index (χ3v) is 4.91. The van der Waals surface area contributed by atoms with Gasteiger partial charge in [-0.3, -0.25) is 14.4 Å². The van der Waals surface area contributed by atoms with Crippen molar-refractivity contribution in [3.8, 4) is 5.75 Å². The minimum absolute atomic E-state index is 0.0762. The second kappa shape index (κ2) is 12.2. The summed E-state index contributed by atoms with van der Waals surface area (Å²) in [6, 6.07) is 11.4. The lowest BCUT2D eigenvalue weighted by Gasteiger charge is -2.23. The number of hydrogen-bond donors (Lipinski definition) is 6. The molecule has 2 rings (SSSR count). The molecule has 0 aromatic heterocycles. The van der Waals surface area contributed by atoms with Crippen LogP contribution in [-0.2, 0) is 32.0 Å². The van der Waals surface area contributed by atoms with Crippen molar-refractivity contribution in [3.63, 3.8) is 0 Å². The van der Waals surface area contributed by atoms with E-state index in [1.165, 1.54) is 12.1 Å². The Hall–Kier alpha value is -3.92. The molecule has 2 amide bonds. The molecule has 10 heteroatoms. The van der Waals surface area contributed by atoms with Gasteiger partial charge in [0.1, 0.15) is 17.8 Å². The molecule has 3 unspecified atom stereocenters. The Labute approximate surface area is 190 Å². The zero-order chi connectivity index (χ0) is 24.4. The van der Waals surface area contributed by atoms with E-state index in [2.05, 4.69) is 10.6 Å². The molecule has 2 aromatic rings. The number of aromatic hydroxyl groups is 1. The van der Waals surface area contributed by atoms with E-state index in [1.807, 2.05) is 0 Å². The lowest BCUT2D eigenvalue weighted by atomic mass is 10.0. The first-order chi connectivity index (χ1) is 15.7. The normalized spacial score (nSPS) is 13.4. The van der Waals surface area contributed by atoms with Gasteiger partial charge in [-0.15, -0.1) is 0 Å². The first kappa shape index (κ1) is 25.3. The second-order valence-corrected chi connectivity index (χ2v) is 7.56. The van der Waals surface area contributed by atoms with Crippen LogP contribution in [0.1, 0.15) is 24.0 Å². The summed E-state index contributed by atoms with van der Waals surface area (Å²) in [6.07, 6.45) is -0.509. The molecule has 2 aromatic carbocycles. The van der Waals surface area contributed by atoms with Crippen LogP contribution >= 0.6 is 0 Å². The molecule has 10 nitrogen and oxygen atoms in total. The van der Waals surface area contributed by atoms with Crippen LogP contribution in [0, 0.1) is 0 Å². The van der Waals surface area contributed by atoms with Gasteiger partial charge < -0.3 is 31.7 Å². The van der Waals surface area contributed by atoms with E-state index in [0.29, 0.717) is 5.56 Å². The molecule has 0 bridgehead atoms. The molecule has 0 spiro atoms. The number of hydrogen-bond acceptors (Lipinski definition) is 6. The number of nitrogens with two attached hydrogens (primary N) is 1. The smallest absolute Gasteiger partial charge is 0.326 e. The maximum absolute atomic E-state index is 12.9. The predicted octanol–water partition coefficient (Wildman–Crippen LogP) is 0.424. The van der Waals surface area contributed by atoms with E-state index in [0.717, 1.165) is 5.56 Å². The molecule has 0 aliphatic carbocycles. The van der Waals surface area contributed by atoms with Crippen molar-refractivity contribution >= 4 is 23.8 Å². The molecule has 0 fully saturated rings. The summed E-state index contributed by atoms with van der Waals surface area (Å²) in [5, 5.41) is 32.4. The molecule has 0 saturated carbocycles. The molecule has 33 heavy (non-hydrogen) atoms. The lowest BCUT2D eigenvalue weighted by Crippen LogP contribution is -2.55. The van der Waals surface area contributed by atoms with Gasteiger partial charge in [-0.1, -0.05) is 42.5 Å². The van der Waals surface area contributed by atoms with Gasteiger partial charge in [0.05, 0.1) is 6.04 Å². The Morgan fingerprint density at radius 2 is 1.36 bits per heavy atom. The van der Waals surface area contributed by atoms with E-state index in [9.17, 15) is 29.4 Å². The van der Waals surface area contributed by atoms with Gasteiger partial charge in [0.25, 0.3) is 0 Å². The van der Waals surface area contributed by atoms with Crippen molar-refractivity contribution in [3.05, 3.63) is 65.7 Å². The summed E-state index contributed by atoms with van der Waals surface area (Å²) in [5.41, 5.74) is 7.43. The number of carboxylic acid groups (broad SMARTS) is 2. The van der Waals surface area contributed by atoms with Crippen LogP contribution in [0.25, 0.3) is 0 Å². The topological polar surface area (TPSA) is 179 Å². The van der Waals surface area contributed by atoms with Crippen LogP contribution < -0.4 is 16.4 Å². The first-order valence-electron chi connectivity index (χ1n) is 10.3. The van der Waals surface area contributed by atoms with Gasteiger partial charge in [0.2, 0.25) is 11.8 Å². The third kappa shape index (κ3) is 8.62. The Kier molecular flexibility index (Phi) is 9.37. The highest BCUT2D eigenvalue weighted by atomic mass is 16.4. The monoisotopic (exact) mass is 457 g/mol. The van der Waals surface area contributed by atoms with Gasteiger partial charge in [-0.25, -0.2) is 4.79 Å². The fourth-order valence-electron chi connectivity index (χ4n) is 3.11. The second-order valence-electron chi connectivity index (χ2n) is 7.56. The molecule has 0 saturated heterocycles. The number of amides is 2. The summed E-state index contributed by atoms with van der Waals surface area (Å²) in [6.45, 7) is 0. The fourth-order valence-corrected chi connectivity index (χ4v) is 3.11. The maximum atomic E-state index is 12.9. The van der Waals surface area contributed by atoms with Crippen LogP contribution in [0.2, 0.25) is 0 Å². The highest BCUT2D eigenvalue weighted by Gasteiger charge is 2.28. The first-order valence-corrected chi connectivity index (χ1v) is 10.3. The highest BCUT2D eigenvalue weighted by molar-refractivity contribution is 5.92. The lowest BCUT2D eigenvalue weighted by molar-refractivity contribution is -0.143. The molecule has 0 aliphatic rings. The van der Waals surface area contributed by atoms with Crippen molar-refractivity contribution in [2.24, 2.45) is 5.73 Å². The van der Waals surface area contributed by atoms with E-state index in [1.54, 1.807) is 42.5 Å². The number of carbonyl (C=O) groups is 4. The van der Waals surface area contributed by atoms with Gasteiger partial charge in [-0.05, 0) is 36.1 Å². The number of benzene rings is 2. The minimum atomic E-state index is -1.42. The SMILES string of the molecule is NC(Cc1ccc(O)cc1)C(=O)NC(Cc1ccccc1)C(=O)NC(CCC(=O)O)C(=O)O.